The quantitative estimate of drug-likeness (QED) is 0.267. The SMILES string of the molecule is CCOc1ccc(C(C)C)cc1S(=O)(=O)NCCOc1ccc2nnc(-c3ccc(OC)cc3OC)n2n1. The first-order chi connectivity index (χ1) is 18.3. The second kappa shape index (κ2) is 11.7. The molecule has 0 atom stereocenters. The summed E-state index contributed by atoms with van der Waals surface area (Å²) in [5.41, 5.74) is 2.09. The standard InChI is InChI=1S/C26H31N5O6S/c1-6-36-21-10-7-18(17(2)3)15-23(21)38(32,33)27-13-14-37-25-12-11-24-28-29-26(31(24)30-25)20-9-8-19(34-4)16-22(20)35-5/h7-12,15-17,27H,6,13-14H2,1-5H3. The van der Waals surface area contributed by atoms with Crippen LogP contribution in [0.25, 0.3) is 17.0 Å². The van der Waals surface area contributed by atoms with Crippen LogP contribution in [0.4, 0.5) is 0 Å². The Kier molecular flexibility index (Phi) is 8.32. The van der Waals surface area contributed by atoms with Gasteiger partial charge in [-0.25, -0.2) is 13.1 Å². The van der Waals surface area contributed by atoms with Crippen LogP contribution in [0.3, 0.4) is 0 Å². The lowest BCUT2D eigenvalue weighted by atomic mass is 10.0. The molecule has 0 aliphatic carbocycles. The van der Waals surface area contributed by atoms with Crippen LogP contribution < -0.4 is 23.7 Å². The molecular formula is C26H31N5O6S. The maximum absolute atomic E-state index is 13.1. The molecule has 0 radical (unpaired) electrons. The number of benzene rings is 2. The largest absolute Gasteiger partial charge is 0.497 e. The van der Waals surface area contributed by atoms with Gasteiger partial charge in [-0.05, 0) is 48.7 Å². The fourth-order valence-corrected chi connectivity index (χ4v) is 4.97. The van der Waals surface area contributed by atoms with Gasteiger partial charge in [-0.3, -0.25) is 0 Å². The van der Waals surface area contributed by atoms with E-state index < -0.39 is 10.0 Å². The molecule has 2 heterocycles. The smallest absolute Gasteiger partial charge is 0.244 e. The topological polar surface area (TPSA) is 126 Å². The summed E-state index contributed by atoms with van der Waals surface area (Å²) in [4.78, 5) is 0.104. The highest BCUT2D eigenvalue weighted by Crippen LogP contribution is 2.32. The zero-order valence-corrected chi connectivity index (χ0v) is 22.8. The Bertz CT molecular complexity index is 1520. The molecule has 202 valence electrons. The average molecular weight is 542 g/mol. The number of fused-ring (bicyclic) bond motifs is 1. The molecule has 2 aromatic carbocycles. The van der Waals surface area contributed by atoms with Crippen LogP contribution in [0.2, 0.25) is 0 Å². The molecule has 0 aliphatic heterocycles. The molecule has 0 spiro atoms. The van der Waals surface area contributed by atoms with Crippen LogP contribution >= 0.6 is 0 Å². The molecule has 0 saturated carbocycles. The van der Waals surface area contributed by atoms with Crippen molar-refractivity contribution in [3.05, 3.63) is 54.1 Å². The molecule has 4 rings (SSSR count). The molecule has 0 unspecified atom stereocenters. The third-order valence-electron chi connectivity index (χ3n) is 5.76. The molecule has 0 bridgehead atoms. The van der Waals surface area contributed by atoms with Gasteiger partial charge in [0.05, 0.1) is 26.4 Å². The van der Waals surface area contributed by atoms with Crippen molar-refractivity contribution in [1.82, 2.24) is 24.5 Å². The van der Waals surface area contributed by atoms with Crippen LogP contribution in [0.15, 0.2) is 53.4 Å². The van der Waals surface area contributed by atoms with Gasteiger partial charge in [0.1, 0.15) is 28.8 Å². The number of hydrogen-bond acceptors (Lipinski definition) is 9. The predicted molar refractivity (Wildman–Crippen MR) is 142 cm³/mol. The van der Waals surface area contributed by atoms with E-state index in [2.05, 4.69) is 20.0 Å². The lowest BCUT2D eigenvalue weighted by molar-refractivity contribution is 0.305. The zero-order chi connectivity index (χ0) is 27.3. The molecule has 0 aliphatic rings. The third kappa shape index (κ3) is 5.81. The highest BCUT2D eigenvalue weighted by Gasteiger charge is 2.21. The van der Waals surface area contributed by atoms with Crippen molar-refractivity contribution in [3.63, 3.8) is 0 Å². The van der Waals surface area contributed by atoms with Gasteiger partial charge < -0.3 is 18.9 Å². The third-order valence-corrected chi connectivity index (χ3v) is 7.24. The van der Waals surface area contributed by atoms with Gasteiger partial charge in [0.2, 0.25) is 15.9 Å². The average Bonchev–Trinajstić information content (AvgIpc) is 3.34. The van der Waals surface area contributed by atoms with Gasteiger partial charge in [-0.15, -0.1) is 15.3 Å². The van der Waals surface area contributed by atoms with Crippen molar-refractivity contribution in [2.75, 3.05) is 34.0 Å². The van der Waals surface area contributed by atoms with E-state index in [1.54, 1.807) is 50.6 Å². The zero-order valence-electron chi connectivity index (χ0n) is 22.0. The Balaban J connectivity index is 1.48. The van der Waals surface area contributed by atoms with Crippen molar-refractivity contribution >= 4 is 15.7 Å². The van der Waals surface area contributed by atoms with Gasteiger partial charge in [0.25, 0.3) is 0 Å². The van der Waals surface area contributed by atoms with E-state index >= 15 is 0 Å². The second-order valence-corrected chi connectivity index (χ2v) is 10.3. The summed E-state index contributed by atoms with van der Waals surface area (Å²) in [6.45, 7) is 6.25. The fourth-order valence-electron chi connectivity index (χ4n) is 3.78. The lowest BCUT2D eigenvalue weighted by Crippen LogP contribution is -2.29. The van der Waals surface area contributed by atoms with E-state index in [1.807, 2.05) is 32.9 Å². The summed E-state index contributed by atoms with van der Waals surface area (Å²) in [5, 5.41) is 12.9. The molecule has 0 fully saturated rings. The van der Waals surface area contributed by atoms with E-state index in [0.717, 1.165) is 5.56 Å². The Morgan fingerprint density at radius 1 is 0.947 bits per heavy atom. The molecule has 38 heavy (non-hydrogen) atoms. The number of rotatable bonds is 12. The van der Waals surface area contributed by atoms with E-state index in [4.69, 9.17) is 18.9 Å². The van der Waals surface area contributed by atoms with Gasteiger partial charge in [-0.1, -0.05) is 19.9 Å². The number of ether oxygens (including phenoxy) is 4. The number of nitrogens with one attached hydrogen (secondary N) is 1. The Labute approximate surface area is 221 Å². The van der Waals surface area contributed by atoms with Gasteiger partial charge >= 0.3 is 0 Å². The molecule has 1 N–H and O–H groups in total. The maximum Gasteiger partial charge on any atom is 0.244 e. The first-order valence-electron chi connectivity index (χ1n) is 12.1. The highest BCUT2D eigenvalue weighted by molar-refractivity contribution is 7.89. The van der Waals surface area contributed by atoms with Gasteiger partial charge in [-0.2, -0.15) is 4.52 Å². The molecule has 11 nitrogen and oxygen atoms in total. The highest BCUT2D eigenvalue weighted by atomic mass is 32.2. The number of methoxy groups -OCH3 is 2. The molecule has 4 aromatic rings. The minimum Gasteiger partial charge on any atom is -0.497 e. The lowest BCUT2D eigenvalue weighted by Gasteiger charge is -2.15. The van der Waals surface area contributed by atoms with E-state index in [-0.39, 0.29) is 29.8 Å². The normalized spacial score (nSPS) is 11.6. The Hall–Kier alpha value is -3.90. The van der Waals surface area contributed by atoms with Crippen molar-refractivity contribution < 1.29 is 27.4 Å². The van der Waals surface area contributed by atoms with E-state index in [0.29, 0.717) is 40.9 Å². The summed E-state index contributed by atoms with van der Waals surface area (Å²) in [6, 6.07) is 13.9. The summed E-state index contributed by atoms with van der Waals surface area (Å²) < 4.78 is 52.3. The van der Waals surface area contributed by atoms with Crippen LogP contribution in [-0.4, -0.2) is 62.2 Å². The minimum absolute atomic E-state index is 0.0286. The number of nitrogens with zero attached hydrogens (tertiary/aromatic N) is 4. The van der Waals surface area contributed by atoms with Crippen LogP contribution in [0, 0.1) is 0 Å². The molecule has 0 amide bonds. The summed E-state index contributed by atoms with van der Waals surface area (Å²) in [7, 11) is -0.698. The molecular weight excluding hydrogens is 510 g/mol. The molecule has 0 saturated heterocycles. The first kappa shape index (κ1) is 27.1. The van der Waals surface area contributed by atoms with Crippen LogP contribution in [-0.2, 0) is 10.0 Å². The van der Waals surface area contributed by atoms with Crippen molar-refractivity contribution in [1.29, 1.82) is 0 Å². The molecule has 2 aromatic heterocycles. The summed E-state index contributed by atoms with van der Waals surface area (Å²) >= 11 is 0. The van der Waals surface area contributed by atoms with Crippen LogP contribution in [0.1, 0.15) is 32.3 Å². The van der Waals surface area contributed by atoms with E-state index in [9.17, 15) is 8.42 Å². The minimum atomic E-state index is -3.83. The maximum atomic E-state index is 13.1. The molecule has 12 heteroatoms. The van der Waals surface area contributed by atoms with Gasteiger partial charge in [0.15, 0.2) is 11.5 Å². The van der Waals surface area contributed by atoms with Crippen molar-refractivity contribution in [2.45, 2.75) is 31.6 Å². The predicted octanol–water partition coefficient (Wildman–Crippen LogP) is 3.69. The number of hydrogen-bond donors (Lipinski definition) is 1. The first-order valence-corrected chi connectivity index (χ1v) is 13.6. The second-order valence-electron chi connectivity index (χ2n) is 8.57. The van der Waals surface area contributed by atoms with Gasteiger partial charge in [0, 0.05) is 18.7 Å². The Morgan fingerprint density at radius 2 is 1.76 bits per heavy atom. The summed E-state index contributed by atoms with van der Waals surface area (Å²) in [6.07, 6.45) is 0. The Morgan fingerprint density at radius 3 is 2.47 bits per heavy atom. The number of sulfonamides is 1. The monoisotopic (exact) mass is 541 g/mol. The van der Waals surface area contributed by atoms with Crippen molar-refractivity contribution in [2.24, 2.45) is 0 Å². The van der Waals surface area contributed by atoms with Crippen molar-refractivity contribution in [3.8, 4) is 34.5 Å². The van der Waals surface area contributed by atoms with E-state index in [1.165, 1.54) is 4.52 Å². The van der Waals surface area contributed by atoms with Crippen LogP contribution in [0.5, 0.6) is 23.1 Å². The number of aromatic nitrogens is 4. The fraction of sp³-hybridized carbons (Fsp3) is 0.346. The summed E-state index contributed by atoms with van der Waals surface area (Å²) in [5.74, 6) is 2.41.